The van der Waals surface area contributed by atoms with Gasteiger partial charge in [0.2, 0.25) is 5.91 Å². The third kappa shape index (κ3) is 5.26. The molecule has 3 aromatic carbocycles. The van der Waals surface area contributed by atoms with E-state index in [4.69, 9.17) is 15.0 Å². The molecule has 4 aromatic rings. The number of para-hydroxylation sites is 3. The number of benzene rings is 3. The lowest BCUT2D eigenvalue weighted by atomic mass is 10.1. The average molecular weight is 499 g/mol. The first-order valence-electron chi connectivity index (χ1n) is 11.5. The van der Waals surface area contributed by atoms with Gasteiger partial charge in [-0.15, -0.1) is 0 Å². The molecule has 36 heavy (non-hydrogen) atoms. The summed E-state index contributed by atoms with van der Waals surface area (Å²) in [5.74, 6) is 0.359. The van der Waals surface area contributed by atoms with Gasteiger partial charge in [0.05, 0.1) is 47.6 Å². The van der Waals surface area contributed by atoms with Crippen molar-refractivity contribution in [1.29, 1.82) is 5.26 Å². The SMILES string of the molecule is COc1ccccc1N(CCC#N)C(=O)CSc1nc2ccccc2c(=O)n1-c1cc(C)cc(C)c1. The molecule has 7 nitrogen and oxygen atoms in total. The minimum Gasteiger partial charge on any atom is -0.495 e. The zero-order valence-electron chi connectivity index (χ0n) is 20.4. The number of aryl methyl sites for hydroxylation is 2. The number of hydrogen-bond donors (Lipinski definition) is 0. The molecule has 1 amide bonds. The van der Waals surface area contributed by atoms with E-state index in [9.17, 15) is 9.59 Å². The maximum atomic E-state index is 13.6. The zero-order valence-corrected chi connectivity index (χ0v) is 21.2. The van der Waals surface area contributed by atoms with Crippen LogP contribution in [0.25, 0.3) is 16.6 Å². The molecule has 0 bridgehead atoms. The number of carbonyl (C=O) groups excluding carboxylic acids is 1. The van der Waals surface area contributed by atoms with Crippen molar-refractivity contribution in [2.45, 2.75) is 25.4 Å². The predicted octanol–water partition coefficient (Wildman–Crippen LogP) is 5.05. The summed E-state index contributed by atoms with van der Waals surface area (Å²) in [6, 6.07) is 22.4. The lowest BCUT2D eigenvalue weighted by Gasteiger charge is -2.24. The molecule has 182 valence electrons. The molecule has 1 aromatic heterocycles. The highest BCUT2D eigenvalue weighted by Gasteiger charge is 2.21. The van der Waals surface area contributed by atoms with Gasteiger partial charge in [-0.25, -0.2) is 4.98 Å². The van der Waals surface area contributed by atoms with E-state index in [0.29, 0.717) is 33.2 Å². The van der Waals surface area contributed by atoms with Crippen LogP contribution >= 0.6 is 11.8 Å². The standard InChI is InChI=1S/C28H26N4O3S/c1-19-15-20(2)17-21(16-19)32-27(34)22-9-4-5-10-23(22)30-28(32)36-18-26(33)31(14-8-13-29)24-11-6-7-12-25(24)35-3/h4-7,9-12,15-17H,8,14,18H2,1-3H3. The quantitative estimate of drug-likeness (QED) is 0.250. The summed E-state index contributed by atoms with van der Waals surface area (Å²) in [5.41, 5.74) is 3.73. The first-order chi connectivity index (χ1) is 17.4. The molecule has 0 saturated carbocycles. The van der Waals surface area contributed by atoms with E-state index in [-0.39, 0.29) is 30.2 Å². The van der Waals surface area contributed by atoms with E-state index in [1.54, 1.807) is 40.8 Å². The Morgan fingerprint density at radius 3 is 2.50 bits per heavy atom. The van der Waals surface area contributed by atoms with Crippen LogP contribution < -0.4 is 15.2 Å². The van der Waals surface area contributed by atoms with Gasteiger partial charge in [0.25, 0.3) is 5.56 Å². The molecule has 0 atom stereocenters. The van der Waals surface area contributed by atoms with Gasteiger partial charge in [0.15, 0.2) is 5.16 Å². The smallest absolute Gasteiger partial charge is 0.266 e. The zero-order chi connectivity index (χ0) is 25.7. The summed E-state index contributed by atoms with van der Waals surface area (Å²) in [7, 11) is 1.54. The van der Waals surface area contributed by atoms with Crippen molar-refractivity contribution in [2.75, 3.05) is 24.3 Å². The van der Waals surface area contributed by atoms with Crippen molar-refractivity contribution in [2.24, 2.45) is 0 Å². The summed E-state index contributed by atoms with van der Waals surface area (Å²) in [4.78, 5) is 33.3. The third-order valence-electron chi connectivity index (χ3n) is 5.66. The van der Waals surface area contributed by atoms with E-state index >= 15 is 0 Å². The van der Waals surface area contributed by atoms with Gasteiger partial charge in [-0.2, -0.15) is 5.26 Å². The summed E-state index contributed by atoms with van der Waals surface area (Å²) in [5, 5.41) is 10.1. The molecule has 0 fully saturated rings. The molecule has 1 heterocycles. The fraction of sp³-hybridized carbons (Fsp3) is 0.214. The van der Waals surface area contributed by atoms with E-state index < -0.39 is 0 Å². The topological polar surface area (TPSA) is 88.2 Å². The van der Waals surface area contributed by atoms with E-state index in [2.05, 4.69) is 6.07 Å². The van der Waals surface area contributed by atoms with Gasteiger partial charge in [-0.1, -0.05) is 42.1 Å². The van der Waals surface area contributed by atoms with Crippen LogP contribution in [0.3, 0.4) is 0 Å². The molecule has 0 saturated heterocycles. The highest BCUT2D eigenvalue weighted by Crippen LogP contribution is 2.29. The third-order valence-corrected chi connectivity index (χ3v) is 6.58. The summed E-state index contributed by atoms with van der Waals surface area (Å²) in [6.07, 6.45) is 0.177. The Kier molecular flexibility index (Phi) is 7.71. The van der Waals surface area contributed by atoms with Crippen molar-refractivity contribution in [3.05, 3.63) is 88.2 Å². The van der Waals surface area contributed by atoms with Crippen LogP contribution in [0.1, 0.15) is 17.5 Å². The molecule has 0 radical (unpaired) electrons. The Morgan fingerprint density at radius 2 is 1.78 bits per heavy atom. The van der Waals surface area contributed by atoms with E-state index in [1.807, 2.05) is 56.3 Å². The van der Waals surface area contributed by atoms with Gasteiger partial charge in [-0.05, 0) is 61.4 Å². The Bertz CT molecular complexity index is 1500. The number of nitrogens with zero attached hydrogens (tertiary/aromatic N) is 4. The van der Waals surface area contributed by atoms with E-state index in [0.717, 1.165) is 11.1 Å². The highest BCUT2D eigenvalue weighted by atomic mass is 32.2. The number of nitriles is 1. The van der Waals surface area contributed by atoms with Gasteiger partial charge in [0, 0.05) is 6.54 Å². The number of anilines is 1. The second-order valence-corrected chi connectivity index (χ2v) is 9.25. The predicted molar refractivity (Wildman–Crippen MR) is 143 cm³/mol. The number of thioether (sulfide) groups is 1. The number of rotatable bonds is 8. The maximum absolute atomic E-state index is 13.6. The largest absolute Gasteiger partial charge is 0.495 e. The van der Waals surface area contributed by atoms with Crippen molar-refractivity contribution < 1.29 is 9.53 Å². The van der Waals surface area contributed by atoms with Crippen LogP contribution in [-0.4, -0.2) is 34.9 Å². The minimum atomic E-state index is -0.214. The number of hydrogen-bond acceptors (Lipinski definition) is 6. The van der Waals surface area contributed by atoms with Crippen LogP contribution in [0, 0.1) is 25.2 Å². The van der Waals surface area contributed by atoms with E-state index in [1.165, 1.54) is 11.8 Å². The second kappa shape index (κ2) is 11.1. The molecular weight excluding hydrogens is 472 g/mol. The van der Waals surface area contributed by atoms with Gasteiger partial charge in [-0.3, -0.25) is 14.2 Å². The van der Waals surface area contributed by atoms with Crippen LogP contribution in [-0.2, 0) is 4.79 Å². The summed E-state index contributed by atoms with van der Waals surface area (Å²) < 4.78 is 7.01. The van der Waals surface area contributed by atoms with Crippen LogP contribution in [0.4, 0.5) is 5.69 Å². The number of fused-ring (bicyclic) bond motifs is 1. The molecular formula is C28H26N4O3S. The molecule has 0 unspecified atom stereocenters. The van der Waals surface area contributed by atoms with Crippen LogP contribution in [0.5, 0.6) is 5.75 Å². The molecule has 0 spiro atoms. The first-order valence-corrected chi connectivity index (χ1v) is 12.4. The second-order valence-electron chi connectivity index (χ2n) is 8.31. The molecule has 0 aliphatic heterocycles. The molecule has 0 aliphatic rings. The Labute approximate surface area is 214 Å². The Hall–Kier alpha value is -4.09. The fourth-order valence-electron chi connectivity index (χ4n) is 4.11. The van der Waals surface area contributed by atoms with Crippen molar-refractivity contribution in [3.8, 4) is 17.5 Å². The van der Waals surface area contributed by atoms with Crippen LogP contribution in [0.15, 0.2) is 76.7 Å². The number of methoxy groups -OCH3 is 1. The molecule has 0 aliphatic carbocycles. The number of aromatic nitrogens is 2. The normalized spacial score (nSPS) is 10.7. The molecule has 4 rings (SSSR count). The van der Waals surface area contributed by atoms with Crippen LogP contribution in [0.2, 0.25) is 0 Å². The van der Waals surface area contributed by atoms with Crippen molar-refractivity contribution >= 4 is 34.3 Å². The lowest BCUT2D eigenvalue weighted by molar-refractivity contribution is -0.116. The van der Waals surface area contributed by atoms with Gasteiger partial charge in [0.1, 0.15) is 5.75 Å². The lowest BCUT2D eigenvalue weighted by Crippen LogP contribution is -2.34. The highest BCUT2D eigenvalue weighted by molar-refractivity contribution is 7.99. The number of amides is 1. The number of ether oxygens (including phenoxy) is 1. The molecule has 0 N–H and O–H groups in total. The Morgan fingerprint density at radius 1 is 1.08 bits per heavy atom. The van der Waals surface area contributed by atoms with Crippen molar-refractivity contribution in [3.63, 3.8) is 0 Å². The summed E-state index contributed by atoms with van der Waals surface area (Å²) >= 11 is 1.20. The first kappa shape index (κ1) is 25.0. The Balaban J connectivity index is 1.74. The molecule has 8 heteroatoms. The monoisotopic (exact) mass is 498 g/mol. The average Bonchev–Trinajstić information content (AvgIpc) is 2.87. The fourth-order valence-corrected chi connectivity index (χ4v) is 5.00. The van der Waals surface area contributed by atoms with Gasteiger partial charge < -0.3 is 9.64 Å². The number of carbonyl (C=O) groups is 1. The maximum Gasteiger partial charge on any atom is 0.266 e. The van der Waals surface area contributed by atoms with Gasteiger partial charge >= 0.3 is 0 Å². The van der Waals surface area contributed by atoms with Crippen molar-refractivity contribution in [1.82, 2.24) is 9.55 Å². The minimum absolute atomic E-state index is 0.0268. The summed E-state index contributed by atoms with van der Waals surface area (Å²) in [6.45, 7) is 4.19.